The number of hydrogen-bond donors (Lipinski definition) is 5. The van der Waals surface area contributed by atoms with E-state index in [1.807, 2.05) is 48.5 Å². The van der Waals surface area contributed by atoms with Gasteiger partial charge in [0.1, 0.15) is 40.0 Å². The lowest BCUT2D eigenvalue weighted by molar-refractivity contribution is -0.132. The summed E-state index contributed by atoms with van der Waals surface area (Å²) in [6.45, 7) is 16.7. The largest absolute Gasteiger partial charge is 0.446 e. The van der Waals surface area contributed by atoms with Gasteiger partial charge in [0.05, 0.1) is 17.9 Å². The normalized spacial score (nSPS) is 15.2. The van der Waals surface area contributed by atoms with Crippen LogP contribution in [0, 0.1) is 30.6 Å². The van der Waals surface area contributed by atoms with Crippen LogP contribution < -0.4 is 21.3 Å². The maximum atomic E-state index is 13.3. The predicted molar refractivity (Wildman–Crippen MR) is 173 cm³/mol. The standard InChI is InChI=1S/C31H55N5O9S/c1-11-26-33-23(21(9)45-26)15-44-31(41)35-24(16-46(10,42)43)29(39)34-22(12-17(2)3)25(37)13-20(8)28(38)36-27(19(6)7)30(40)32-14-18(4)5/h17-20,22,24-25,27,37H,11-16H2,1-10H3,(H,32,40)(H,34,39)(H,35,41)(H,36,38)/t20-,22+,24+,25+,27+/m1/s1. The Kier molecular flexibility index (Phi) is 16.7. The van der Waals surface area contributed by atoms with Crippen LogP contribution in [0.15, 0.2) is 4.42 Å². The number of aliphatic hydroxyl groups is 1. The van der Waals surface area contributed by atoms with Crippen LogP contribution >= 0.6 is 0 Å². The minimum Gasteiger partial charge on any atom is -0.446 e. The second-order valence-electron chi connectivity index (χ2n) is 13.1. The molecule has 46 heavy (non-hydrogen) atoms. The predicted octanol–water partition coefficient (Wildman–Crippen LogP) is 2.02. The van der Waals surface area contributed by atoms with Crippen LogP contribution in [0.5, 0.6) is 0 Å². The molecule has 5 atom stereocenters. The van der Waals surface area contributed by atoms with Gasteiger partial charge < -0.3 is 35.5 Å². The van der Waals surface area contributed by atoms with Crippen LogP contribution in [0.1, 0.15) is 85.6 Å². The Bertz CT molecular complexity index is 1260. The number of aryl methyl sites for hydroxylation is 2. The zero-order chi connectivity index (χ0) is 35.4. The molecule has 0 radical (unpaired) electrons. The number of nitrogens with zero attached hydrogens (tertiary/aromatic N) is 1. The van der Waals surface area contributed by atoms with E-state index in [1.54, 1.807) is 13.8 Å². The average molecular weight is 674 g/mol. The number of carbonyl (C=O) groups excluding carboxylic acids is 4. The Labute approximate surface area is 273 Å². The highest BCUT2D eigenvalue weighted by Crippen LogP contribution is 2.17. The number of carbonyl (C=O) groups is 4. The number of hydrogen-bond acceptors (Lipinski definition) is 10. The van der Waals surface area contributed by atoms with Gasteiger partial charge in [0.2, 0.25) is 17.7 Å². The van der Waals surface area contributed by atoms with Crippen molar-refractivity contribution in [2.75, 3.05) is 18.6 Å². The van der Waals surface area contributed by atoms with Gasteiger partial charge in [-0.1, -0.05) is 55.4 Å². The molecule has 1 heterocycles. The molecule has 0 spiro atoms. The summed E-state index contributed by atoms with van der Waals surface area (Å²) in [4.78, 5) is 55.9. The molecule has 1 rings (SSSR count). The fraction of sp³-hybridized carbons (Fsp3) is 0.774. The number of aromatic nitrogens is 1. The first-order chi connectivity index (χ1) is 21.2. The number of ether oxygens (including phenoxy) is 1. The number of rotatable bonds is 19. The molecule has 264 valence electrons. The van der Waals surface area contributed by atoms with Crippen molar-refractivity contribution in [3.05, 3.63) is 17.3 Å². The van der Waals surface area contributed by atoms with E-state index >= 15 is 0 Å². The van der Waals surface area contributed by atoms with E-state index in [1.165, 1.54) is 0 Å². The first-order valence-electron chi connectivity index (χ1n) is 15.9. The van der Waals surface area contributed by atoms with E-state index in [4.69, 9.17) is 9.15 Å². The van der Waals surface area contributed by atoms with Crippen molar-refractivity contribution in [2.24, 2.45) is 23.7 Å². The molecule has 4 amide bonds. The van der Waals surface area contributed by atoms with Gasteiger partial charge >= 0.3 is 6.09 Å². The summed E-state index contributed by atoms with van der Waals surface area (Å²) in [5.41, 5.74) is 0.394. The third kappa shape index (κ3) is 14.9. The lowest BCUT2D eigenvalue weighted by atomic mass is 9.91. The molecular weight excluding hydrogens is 618 g/mol. The number of sulfone groups is 1. The number of nitrogens with one attached hydrogen (secondary N) is 4. The van der Waals surface area contributed by atoms with Crippen molar-refractivity contribution < 1.29 is 41.9 Å². The second kappa shape index (κ2) is 18.8. The van der Waals surface area contributed by atoms with E-state index in [9.17, 15) is 32.7 Å². The summed E-state index contributed by atoms with van der Waals surface area (Å²) < 4.78 is 34.9. The Morgan fingerprint density at radius 1 is 0.913 bits per heavy atom. The molecule has 5 N–H and O–H groups in total. The molecule has 0 aliphatic heterocycles. The molecule has 0 bridgehead atoms. The Balaban J connectivity index is 2.98. The molecule has 15 heteroatoms. The second-order valence-corrected chi connectivity index (χ2v) is 15.3. The highest BCUT2D eigenvalue weighted by molar-refractivity contribution is 7.90. The van der Waals surface area contributed by atoms with Gasteiger partial charge in [-0.05, 0) is 37.5 Å². The van der Waals surface area contributed by atoms with Gasteiger partial charge in [-0.25, -0.2) is 18.2 Å². The van der Waals surface area contributed by atoms with E-state index in [-0.39, 0.29) is 36.7 Å². The van der Waals surface area contributed by atoms with Crippen LogP contribution in [0.25, 0.3) is 0 Å². The average Bonchev–Trinajstić information content (AvgIpc) is 3.30. The summed E-state index contributed by atoms with van der Waals surface area (Å²) in [5, 5.41) is 21.7. The summed E-state index contributed by atoms with van der Waals surface area (Å²) in [6, 6.07) is -3.16. The molecule has 14 nitrogen and oxygen atoms in total. The molecule has 0 fully saturated rings. The summed E-state index contributed by atoms with van der Waals surface area (Å²) in [6.07, 6.45) is -0.509. The minimum atomic E-state index is -3.74. The van der Waals surface area contributed by atoms with Gasteiger partial charge in [0.15, 0.2) is 5.89 Å². The van der Waals surface area contributed by atoms with E-state index in [0.717, 1.165) is 6.26 Å². The minimum absolute atomic E-state index is 0.00375. The zero-order valence-electron chi connectivity index (χ0n) is 28.9. The van der Waals surface area contributed by atoms with E-state index in [2.05, 4.69) is 26.3 Å². The number of oxazole rings is 1. The molecule has 0 saturated heterocycles. The van der Waals surface area contributed by atoms with Crippen LogP contribution in [0.3, 0.4) is 0 Å². The maximum Gasteiger partial charge on any atom is 0.408 e. The molecule has 0 saturated carbocycles. The maximum absolute atomic E-state index is 13.3. The smallest absolute Gasteiger partial charge is 0.408 e. The van der Waals surface area contributed by atoms with Crippen molar-refractivity contribution >= 4 is 33.7 Å². The van der Waals surface area contributed by atoms with Gasteiger partial charge in [-0.2, -0.15) is 0 Å². The molecule has 0 aliphatic carbocycles. The van der Waals surface area contributed by atoms with Crippen LogP contribution in [0.4, 0.5) is 4.79 Å². The molecular formula is C31H55N5O9S. The molecule has 0 aliphatic rings. The van der Waals surface area contributed by atoms with Crippen molar-refractivity contribution in [2.45, 2.75) is 112 Å². The van der Waals surface area contributed by atoms with Crippen molar-refractivity contribution in [3.63, 3.8) is 0 Å². The van der Waals surface area contributed by atoms with Gasteiger partial charge in [0, 0.05) is 25.1 Å². The number of amides is 4. The topological polar surface area (TPSA) is 206 Å². The van der Waals surface area contributed by atoms with Crippen molar-refractivity contribution in [1.29, 1.82) is 0 Å². The lowest BCUT2D eigenvalue weighted by Crippen LogP contribution is -2.55. The molecule has 1 aromatic rings. The Morgan fingerprint density at radius 3 is 2.04 bits per heavy atom. The summed E-state index contributed by atoms with van der Waals surface area (Å²) in [7, 11) is -3.74. The van der Waals surface area contributed by atoms with E-state index < -0.39 is 63.6 Å². The van der Waals surface area contributed by atoms with Crippen LogP contribution in [-0.4, -0.2) is 85.1 Å². The Hall–Kier alpha value is -3.20. The van der Waals surface area contributed by atoms with Crippen molar-refractivity contribution in [3.8, 4) is 0 Å². The summed E-state index contributed by atoms with van der Waals surface area (Å²) in [5.74, 6) is -1.99. The SMILES string of the molecule is CCc1nc(COC(=O)N[C@@H](CS(C)(=O)=O)C(=O)N[C@@H](CC(C)C)[C@@H](O)C[C@@H](C)C(=O)N[C@H](C(=O)NCC(C)C)C(C)C)c(C)o1. The fourth-order valence-corrected chi connectivity index (χ4v) is 5.40. The first kappa shape index (κ1) is 40.8. The van der Waals surface area contributed by atoms with E-state index in [0.29, 0.717) is 36.7 Å². The van der Waals surface area contributed by atoms with Crippen LogP contribution in [0.2, 0.25) is 0 Å². The van der Waals surface area contributed by atoms with Gasteiger partial charge in [-0.3, -0.25) is 14.4 Å². The van der Waals surface area contributed by atoms with Crippen molar-refractivity contribution in [1.82, 2.24) is 26.3 Å². The molecule has 0 unspecified atom stereocenters. The molecule has 0 aromatic carbocycles. The number of aliphatic hydroxyl groups excluding tert-OH is 1. The van der Waals surface area contributed by atoms with Gasteiger partial charge in [-0.15, -0.1) is 0 Å². The zero-order valence-corrected chi connectivity index (χ0v) is 29.7. The first-order valence-corrected chi connectivity index (χ1v) is 17.9. The van der Waals surface area contributed by atoms with Gasteiger partial charge in [0.25, 0.3) is 0 Å². The number of alkyl carbamates (subject to hydrolysis) is 1. The quantitative estimate of drug-likeness (QED) is 0.144. The Morgan fingerprint density at radius 2 is 1.54 bits per heavy atom. The monoisotopic (exact) mass is 673 g/mol. The third-order valence-electron chi connectivity index (χ3n) is 7.15. The highest BCUT2D eigenvalue weighted by atomic mass is 32.2. The summed E-state index contributed by atoms with van der Waals surface area (Å²) >= 11 is 0. The highest BCUT2D eigenvalue weighted by Gasteiger charge is 2.33. The lowest BCUT2D eigenvalue weighted by Gasteiger charge is -2.30. The van der Waals surface area contributed by atoms with Crippen LogP contribution in [-0.2, 0) is 42.0 Å². The third-order valence-corrected chi connectivity index (χ3v) is 8.09. The fourth-order valence-electron chi connectivity index (χ4n) is 4.56. The molecule has 1 aromatic heterocycles.